The quantitative estimate of drug-likeness (QED) is 0.354. The second kappa shape index (κ2) is 11.9. The van der Waals surface area contributed by atoms with Crippen LogP contribution in [0.3, 0.4) is 0 Å². The normalized spacial score (nSPS) is 20.7. The Morgan fingerprint density at radius 1 is 1.12 bits per heavy atom. The predicted molar refractivity (Wildman–Crippen MR) is 162 cm³/mol. The third-order valence-corrected chi connectivity index (χ3v) is 8.75. The number of fused-ring (bicyclic) bond motifs is 1. The van der Waals surface area contributed by atoms with Crippen molar-refractivity contribution in [2.45, 2.75) is 50.1 Å². The number of nitrogen functional groups attached to an aromatic ring is 1. The fraction of sp³-hybridized carbons (Fsp3) is 0.452. The third kappa shape index (κ3) is 5.85. The Balaban J connectivity index is 1.34. The molecule has 4 N–H and O–H groups in total. The van der Waals surface area contributed by atoms with Crippen LogP contribution in [0.2, 0.25) is 0 Å². The molecule has 2 aromatic carbocycles. The minimum atomic E-state index is -1.08. The molecule has 2 amide bonds. The van der Waals surface area contributed by atoms with E-state index in [0.717, 1.165) is 43.0 Å². The van der Waals surface area contributed by atoms with Gasteiger partial charge in [-0.1, -0.05) is 30.3 Å². The maximum absolute atomic E-state index is 13.9. The van der Waals surface area contributed by atoms with E-state index < -0.39 is 18.0 Å². The van der Waals surface area contributed by atoms with E-state index in [0.29, 0.717) is 24.0 Å². The monoisotopic (exact) mass is 584 g/mol. The van der Waals surface area contributed by atoms with Gasteiger partial charge in [0.2, 0.25) is 0 Å². The first kappa shape index (κ1) is 28.5. The summed E-state index contributed by atoms with van der Waals surface area (Å²) in [6.07, 6.45) is 3.26. The zero-order chi connectivity index (χ0) is 30.1. The molecule has 0 spiro atoms. The molecule has 1 saturated carbocycles. The lowest BCUT2D eigenvalue weighted by Gasteiger charge is -2.40. The number of nitrogens with two attached hydrogens (primary N) is 1. The van der Waals surface area contributed by atoms with Crippen molar-refractivity contribution in [3.05, 3.63) is 47.7 Å². The summed E-state index contributed by atoms with van der Waals surface area (Å²) in [6, 6.07) is 13.8. The number of rotatable bonds is 8. The van der Waals surface area contributed by atoms with Gasteiger partial charge in [0.1, 0.15) is 12.3 Å². The summed E-state index contributed by atoms with van der Waals surface area (Å²) >= 11 is 0. The van der Waals surface area contributed by atoms with Crippen LogP contribution in [0.4, 0.5) is 22.0 Å². The topological polar surface area (TPSA) is 161 Å². The number of anilines is 3. The zero-order valence-corrected chi connectivity index (χ0v) is 24.2. The Kier molecular flexibility index (Phi) is 7.90. The number of carbonyl (C=O) groups is 2. The van der Waals surface area contributed by atoms with Gasteiger partial charge >= 0.3 is 12.1 Å². The number of nitriles is 1. The number of hydrogen-bond acceptors (Lipinski definition) is 9. The Bertz CT molecular complexity index is 1580. The number of carbonyl (C=O) groups excluding carboxylic acids is 1. The van der Waals surface area contributed by atoms with Gasteiger partial charge in [-0.3, -0.25) is 4.79 Å². The second-order valence-electron chi connectivity index (χ2n) is 11.6. The molecule has 1 aliphatic carbocycles. The van der Waals surface area contributed by atoms with Gasteiger partial charge in [-0.2, -0.15) is 15.2 Å². The van der Waals surface area contributed by atoms with Gasteiger partial charge in [-0.15, -0.1) is 0 Å². The maximum atomic E-state index is 13.9. The minimum Gasteiger partial charge on any atom is -0.465 e. The first-order chi connectivity index (χ1) is 20.8. The molecule has 12 nitrogen and oxygen atoms in total. The average molecular weight is 585 g/mol. The highest BCUT2D eigenvalue weighted by Crippen LogP contribution is 2.45. The molecule has 2 unspecified atom stereocenters. The number of ether oxygens (including phenoxy) is 1. The smallest absolute Gasteiger partial charge is 0.407 e. The van der Waals surface area contributed by atoms with E-state index in [4.69, 9.17) is 10.5 Å². The number of piperazine rings is 1. The van der Waals surface area contributed by atoms with E-state index in [1.807, 2.05) is 42.3 Å². The fourth-order valence-corrected chi connectivity index (χ4v) is 6.25. The first-order valence-corrected chi connectivity index (χ1v) is 14.8. The highest BCUT2D eigenvalue weighted by atomic mass is 16.5. The van der Waals surface area contributed by atoms with Crippen LogP contribution >= 0.6 is 0 Å². The second-order valence-corrected chi connectivity index (χ2v) is 11.6. The van der Waals surface area contributed by atoms with Crippen LogP contribution < -0.4 is 20.7 Å². The summed E-state index contributed by atoms with van der Waals surface area (Å²) in [6.45, 7) is 1.99. The number of nitrogens with one attached hydrogen (secondary N) is 1. The summed E-state index contributed by atoms with van der Waals surface area (Å²) < 4.78 is 6.07. The molecule has 0 radical (unpaired) electrons. The zero-order valence-electron chi connectivity index (χ0n) is 24.2. The summed E-state index contributed by atoms with van der Waals surface area (Å²) in [5.74, 6) is 0.288. The molecule has 224 valence electrons. The van der Waals surface area contributed by atoms with Gasteiger partial charge in [0.05, 0.1) is 18.5 Å². The minimum absolute atomic E-state index is 0.0156. The molecule has 3 fully saturated rings. The molecule has 2 aliphatic heterocycles. The molecule has 2 atom stereocenters. The molecule has 0 bridgehead atoms. The summed E-state index contributed by atoms with van der Waals surface area (Å²) in [7, 11) is 2.05. The standard InChI is InChI=1S/C31H36N8O4/c1-37-14-4-7-22(37)18-43-30-35-27(26(33)28(36-30)38-15-16-39(31(41)42)21(17-38)12-13-32)29(40)34-24-9-3-6-20-5-2-8-23(25(20)24)19-10-11-19/h2-3,5-6,8-9,19,21-22H,4,7,10-12,14-18,33H2,1H3,(H,34,40)(H,41,42). The predicted octanol–water partition coefficient (Wildman–Crippen LogP) is 3.90. The number of aromatic nitrogens is 2. The van der Waals surface area contributed by atoms with E-state index in [2.05, 4.69) is 32.3 Å². The lowest BCUT2D eigenvalue weighted by molar-refractivity contribution is 0.102. The number of likely N-dealkylation sites (N-methyl/N-ethyl adjacent to an activating group) is 1. The van der Waals surface area contributed by atoms with Crippen LogP contribution in [0.5, 0.6) is 6.01 Å². The molecule has 3 aliphatic rings. The number of benzene rings is 2. The molecule has 6 rings (SSSR count). The van der Waals surface area contributed by atoms with Gasteiger partial charge < -0.3 is 35.6 Å². The van der Waals surface area contributed by atoms with Gasteiger partial charge in [-0.05, 0) is 62.2 Å². The fourth-order valence-electron chi connectivity index (χ4n) is 6.25. The molecule has 2 saturated heterocycles. The summed E-state index contributed by atoms with van der Waals surface area (Å²) in [5.41, 5.74) is 8.57. The van der Waals surface area contributed by atoms with Crippen molar-refractivity contribution >= 4 is 40.0 Å². The van der Waals surface area contributed by atoms with E-state index in [9.17, 15) is 20.0 Å². The highest BCUT2D eigenvalue weighted by molar-refractivity contribution is 6.12. The van der Waals surface area contributed by atoms with E-state index in [1.54, 1.807) is 0 Å². The molecule has 1 aromatic heterocycles. The lowest BCUT2D eigenvalue weighted by atomic mass is 9.99. The first-order valence-electron chi connectivity index (χ1n) is 14.8. The van der Waals surface area contributed by atoms with Crippen molar-refractivity contribution in [2.75, 3.05) is 55.8 Å². The number of nitrogens with zero attached hydrogens (tertiary/aromatic N) is 6. The highest BCUT2D eigenvalue weighted by Gasteiger charge is 2.34. The van der Waals surface area contributed by atoms with Crippen molar-refractivity contribution in [1.82, 2.24) is 19.8 Å². The average Bonchev–Trinajstić information content (AvgIpc) is 3.77. The molecule has 43 heavy (non-hydrogen) atoms. The van der Waals surface area contributed by atoms with Gasteiger partial charge in [0.25, 0.3) is 5.91 Å². The van der Waals surface area contributed by atoms with Crippen LogP contribution in [0.25, 0.3) is 10.8 Å². The van der Waals surface area contributed by atoms with Gasteiger partial charge in [0.15, 0.2) is 11.5 Å². The largest absolute Gasteiger partial charge is 0.465 e. The van der Waals surface area contributed by atoms with E-state index in [-0.39, 0.29) is 49.5 Å². The number of carboxylic acid groups (broad SMARTS) is 1. The molecular weight excluding hydrogens is 548 g/mol. The van der Waals surface area contributed by atoms with Crippen molar-refractivity contribution in [2.24, 2.45) is 0 Å². The Morgan fingerprint density at radius 2 is 1.91 bits per heavy atom. The van der Waals surface area contributed by atoms with Crippen LogP contribution in [0.15, 0.2) is 36.4 Å². The van der Waals surface area contributed by atoms with Crippen molar-refractivity contribution < 1.29 is 19.4 Å². The maximum Gasteiger partial charge on any atom is 0.407 e. The third-order valence-electron chi connectivity index (χ3n) is 8.75. The summed E-state index contributed by atoms with van der Waals surface area (Å²) in [4.78, 5) is 40.1. The van der Waals surface area contributed by atoms with Crippen molar-refractivity contribution in [3.63, 3.8) is 0 Å². The molecule has 3 aromatic rings. The van der Waals surface area contributed by atoms with Crippen LogP contribution in [0.1, 0.15) is 54.1 Å². The SMILES string of the molecule is CN1CCCC1COc1nc(C(=O)Nc2cccc3cccc(C4CC4)c23)c(N)c(N2CCN(C(=O)O)C(CC#N)C2)n1. The molecule has 3 heterocycles. The number of likely N-dealkylation sites (tertiary alicyclic amines) is 1. The van der Waals surface area contributed by atoms with Crippen molar-refractivity contribution in [3.8, 4) is 12.1 Å². The molecule has 12 heteroatoms. The Labute approximate surface area is 250 Å². The van der Waals surface area contributed by atoms with Gasteiger partial charge in [-0.25, -0.2) is 4.79 Å². The van der Waals surface area contributed by atoms with Gasteiger partial charge in [0, 0.05) is 36.7 Å². The van der Waals surface area contributed by atoms with Crippen LogP contribution in [0, 0.1) is 11.3 Å². The Morgan fingerprint density at radius 3 is 2.60 bits per heavy atom. The van der Waals surface area contributed by atoms with Crippen LogP contribution in [-0.4, -0.2) is 88.8 Å². The number of amides is 2. The van der Waals surface area contributed by atoms with Crippen LogP contribution in [-0.2, 0) is 0 Å². The summed E-state index contributed by atoms with van der Waals surface area (Å²) in [5, 5.41) is 24.1. The number of hydrogen-bond donors (Lipinski definition) is 3. The van der Waals surface area contributed by atoms with E-state index >= 15 is 0 Å². The lowest BCUT2D eigenvalue weighted by Crippen LogP contribution is -2.55. The molecular formula is C31H36N8O4. The van der Waals surface area contributed by atoms with Crippen molar-refractivity contribution in [1.29, 1.82) is 5.26 Å². The van der Waals surface area contributed by atoms with E-state index in [1.165, 1.54) is 10.5 Å². The Hall–Kier alpha value is -4.63.